The molecule has 90 valence electrons. The van der Waals surface area contributed by atoms with Crippen molar-refractivity contribution in [1.82, 2.24) is 24.6 Å². The van der Waals surface area contributed by atoms with Crippen LogP contribution in [0.15, 0.2) is 16.9 Å². The van der Waals surface area contributed by atoms with Crippen molar-refractivity contribution < 1.29 is 4.42 Å². The predicted octanol–water partition coefficient (Wildman–Crippen LogP) is 0.889. The maximum atomic E-state index is 5.73. The highest BCUT2D eigenvalue weighted by Gasteiger charge is 2.26. The van der Waals surface area contributed by atoms with Gasteiger partial charge in [0.25, 0.3) is 5.89 Å². The Morgan fingerprint density at radius 1 is 1.35 bits per heavy atom. The Bertz CT molecular complexity index is 517. The van der Waals surface area contributed by atoms with E-state index in [1.807, 2.05) is 11.6 Å². The summed E-state index contributed by atoms with van der Waals surface area (Å²) in [6.45, 7) is 2.08. The normalized spacial score (nSPS) is 21.2. The van der Waals surface area contributed by atoms with E-state index in [-0.39, 0.29) is 0 Å². The maximum absolute atomic E-state index is 5.73. The lowest BCUT2D eigenvalue weighted by Crippen LogP contribution is -2.13. The Kier molecular flexibility index (Phi) is 2.44. The minimum atomic E-state index is 0.370. The van der Waals surface area contributed by atoms with Crippen molar-refractivity contribution in [2.24, 2.45) is 7.05 Å². The monoisotopic (exact) mass is 233 g/mol. The number of hydrogen-bond acceptors (Lipinski definition) is 5. The number of likely N-dealkylation sites (N-methyl/N-ethyl adjacent to an activating group) is 1. The molecule has 1 atom stereocenters. The quantitative estimate of drug-likeness (QED) is 0.771. The van der Waals surface area contributed by atoms with Crippen molar-refractivity contribution in [2.45, 2.75) is 12.3 Å². The Balaban J connectivity index is 1.86. The zero-order chi connectivity index (χ0) is 11.8. The van der Waals surface area contributed by atoms with E-state index in [0.29, 0.717) is 11.8 Å². The topological polar surface area (TPSA) is 60.0 Å². The third kappa shape index (κ3) is 1.84. The first-order chi connectivity index (χ1) is 8.24. The summed E-state index contributed by atoms with van der Waals surface area (Å²) in [5.74, 6) is 1.66. The number of hydrogen-bond donors (Lipinski definition) is 0. The van der Waals surface area contributed by atoms with E-state index in [1.54, 1.807) is 12.5 Å². The number of nitrogens with zero attached hydrogens (tertiary/aromatic N) is 5. The van der Waals surface area contributed by atoms with Crippen molar-refractivity contribution in [1.29, 1.82) is 0 Å². The first kappa shape index (κ1) is 10.5. The molecule has 6 heteroatoms. The van der Waals surface area contributed by atoms with Crippen LogP contribution in [0.3, 0.4) is 0 Å². The molecule has 1 fully saturated rings. The second-order valence-electron chi connectivity index (χ2n) is 4.58. The van der Waals surface area contributed by atoms with Crippen molar-refractivity contribution >= 4 is 0 Å². The van der Waals surface area contributed by atoms with Crippen LogP contribution in [0, 0.1) is 0 Å². The molecule has 17 heavy (non-hydrogen) atoms. The Hall–Kier alpha value is -1.69. The smallest absolute Gasteiger partial charge is 0.265 e. The molecule has 0 amide bonds. The summed E-state index contributed by atoms with van der Waals surface area (Å²) < 4.78 is 7.60. The highest BCUT2D eigenvalue weighted by Crippen LogP contribution is 2.27. The predicted molar refractivity (Wildman–Crippen MR) is 61.4 cm³/mol. The van der Waals surface area contributed by atoms with Crippen LogP contribution in [-0.2, 0) is 7.05 Å². The van der Waals surface area contributed by atoms with Crippen molar-refractivity contribution in [3.63, 3.8) is 0 Å². The number of likely N-dealkylation sites (tertiary alicyclic amines) is 1. The fraction of sp³-hybridized carbons (Fsp3) is 0.545. The molecule has 0 N–H and O–H groups in total. The van der Waals surface area contributed by atoms with E-state index in [2.05, 4.69) is 27.1 Å². The molecule has 1 unspecified atom stereocenters. The van der Waals surface area contributed by atoms with Crippen molar-refractivity contribution in [3.05, 3.63) is 18.4 Å². The third-order valence-electron chi connectivity index (χ3n) is 3.22. The zero-order valence-corrected chi connectivity index (χ0v) is 10.00. The fourth-order valence-corrected chi connectivity index (χ4v) is 2.20. The van der Waals surface area contributed by atoms with Crippen LogP contribution in [-0.4, -0.2) is 44.8 Å². The lowest BCUT2D eigenvalue weighted by atomic mass is 10.1. The lowest BCUT2D eigenvalue weighted by molar-refractivity contribution is 0.393. The molecule has 0 aliphatic carbocycles. The highest BCUT2D eigenvalue weighted by atomic mass is 16.4. The number of aromatic nitrogens is 4. The van der Waals surface area contributed by atoms with Gasteiger partial charge in [0.1, 0.15) is 5.69 Å². The highest BCUT2D eigenvalue weighted by molar-refractivity contribution is 5.44. The molecule has 3 heterocycles. The zero-order valence-electron chi connectivity index (χ0n) is 10.00. The molecular formula is C11H15N5O. The second kappa shape index (κ2) is 3.96. The van der Waals surface area contributed by atoms with E-state index < -0.39 is 0 Å². The van der Waals surface area contributed by atoms with Crippen molar-refractivity contribution in [3.8, 4) is 11.6 Å². The molecule has 6 nitrogen and oxygen atoms in total. The van der Waals surface area contributed by atoms with Gasteiger partial charge in [-0.2, -0.15) is 0 Å². The van der Waals surface area contributed by atoms with E-state index in [1.165, 1.54) is 0 Å². The van der Waals surface area contributed by atoms with Gasteiger partial charge in [-0.15, -0.1) is 10.2 Å². The molecule has 2 aromatic rings. The summed E-state index contributed by atoms with van der Waals surface area (Å²) in [4.78, 5) is 6.32. The summed E-state index contributed by atoms with van der Waals surface area (Å²) in [6, 6.07) is 0. The largest absolute Gasteiger partial charge is 0.419 e. The van der Waals surface area contributed by atoms with Gasteiger partial charge in [-0.05, 0) is 20.0 Å². The van der Waals surface area contributed by atoms with Gasteiger partial charge in [-0.25, -0.2) is 4.98 Å². The standard InChI is InChI=1S/C11H15N5O/c1-15-4-3-8(6-15)10-13-14-11(17-10)9-5-12-7-16(9)2/h5,7-8H,3-4,6H2,1-2H3. The van der Waals surface area contributed by atoms with Crippen LogP contribution < -0.4 is 0 Å². The van der Waals surface area contributed by atoms with E-state index in [4.69, 9.17) is 4.42 Å². The summed E-state index contributed by atoms with van der Waals surface area (Å²) in [7, 11) is 4.02. The van der Waals surface area contributed by atoms with Crippen LogP contribution >= 0.6 is 0 Å². The van der Waals surface area contributed by atoms with Crippen LogP contribution in [0.4, 0.5) is 0 Å². The first-order valence-electron chi connectivity index (χ1n) is 5.72. The van der Waals surface area contributed by atoms with E-state index >= 15 is 0 Å². The van der Waals surface area contributed by atoms with Gasteiger partial charge in [0, 0.05) is 13.6 Å². The molecule has 2 aromatic heterocycles. The summed E-state index contributed by atoms with van der Waals surface area (Å²) in [5.41, 5.74) is 0.857. The fourth-order valence-electron chi connectivity index (χ4n) is 2.20. The number of rotatable bonds is 2. The maximum Gasteiger partial charge on any atom is 0.265 e. The van der Waals surface area contributed by atoms with Gasteiger partial charge in [-0.1, -0.05) is 0 Å². The van der Waals surface area contributed by atoms with Crippen LogP contribution in [0.5, 0.6) is 0 Å². The molecule has 0 saturated carbocycles. The molecule has 0 spiro atoms. The van der Waals surface area contributed by atoms with Gasteiger partial charge in [0.05, 0.1) is 18.4 Å². The van der Waals surface area contributed by atoms with Gasteiger partial charge in [-0.3, -0.25) is 0 Å². The van der Waals surface area contributed by atoms with Crippen molar-refractivity contribution in [2.75, 3.05) is 20.1 Å². The van der Waals surface area contributed by atoms with Crippen LogP contribution in [0.2, 0.25) is 0 Å². The molecule has 1 saturated heterocycles. The van der Waals surface area contributed by atoms with Gasteiger partial charge in [0.2, 0.25) is 5.89 Å². The average molecular weight is 233 g/mol. The average Bonchev–Trinajstić information content (AvgIpc) is 2.97. The summed E-state index contributed by atoms with van der Waals surface area (Å²) in [5, 5.41) is 8.24. The number of aryl methyl sites for hydroxylation is 1. The molecule has 3 rings (SSSR count). The SMILES string of the molecule is CN1CCC(c2nnc(-c3cncn3C)o2)C1. The second-order valence-corrected chi connectivity index (χ2v) is 4.58. The van der Waals surface area contributed by atoms with E-state index in [0.717, 1.165) is 31.1 Å². The minimum absolute atomic E-state index is 0.370. The van der Waals surface area contributed by atoms with Gasteiger partial charge >= 0.3 is 0 Å². The molecule has 0 bridgehead atoms. The number of imidazole rings is 1. The molecule has 1 aliphatic heterocycles. The van der Waals surface area contributed by atoms with Gasteiger partial charge < -0.3 is 13.9 Å². The Morgan fingerprint density at radius 2 is 2.24 bits per heavy atom. The lowest BCUT2D eigenvalue weighted by Gasteiger charge is -2.05. The Morgan fingerprint density at radius 3 is 2.88 bits per heavy atom. The molecule has 0 radical (unpaired) electrons. The van der Waals surface area contributed by atoms with Gasteiger partial charge in [0.15, 0.2) is 0 Å². The minimum Gasteiger partial charge on any atom is -0.419 e. The summed E-state index contributed by atoms with van der Waals surface area (Å²) in [6.07, 6.45) is 4.55. The molecular weight excluding hydrogens is 218 g/mol. The van der Waals surface area contributed by atoms with E-state index in [9.17, 15) is 0 Å². The first-order valence-corrected chi connectivity index (χ1v) is 5.72. The molecule has 1 aliphatic rings. The third-order valence-corrected chi connectivity index (χ3v) is 3.22. The van der Waals surface area contributed by atoms with Crippen LogP contribution in [0.25, 0.3) is 11.6 Å². The summed E-state index contributed by atoms with van der Waals surface area (Å²) >= 11 is 0. The van der Waals surface area contributed by atoms with Crippen LogP contribution in [0.1, 0.15) is 18.2 Å². The Labute approximate surface area is 99.3 Å². The molecule has 0 aromatic carbocycles.